The number of amides is 1. The van der Waals surface area contributed by atoms with Crippen LogP contribution in [0.25, 0.3) is 0 Å². The summed E-state index contributed by atoms with van der Waals surface area (Å²) >= 11 is 0. The predicted molar refractivity (Wildman–Crippen MR) is 69.2 cm³/mol. The van der Waals surface area contributed by atoms with Crippen molar-refractivity contribution in [1.82, 2.24) is 5.32 Å². The molecule has 0 unspecified atom stereocenters. The number of hydrogen-bond acceptors (Lipinski definition) is 1. The molecule has 94 valence electrons. The van der Waals surface area contributed by atoms with E-state index in [4.69, 9.17) is 5.11 Å². The highest BCUT2D eigenvalue weighted by Gasteiger charge is 2.22. The fraction of sp³-hybridized carbons (Fsp3) is 0.500. The molecule has 0 aliphatic heterocycles. The van der Waals surface area contributed by atoms with Crippen LogP contribution in [0.4, 0.5) is 4.79 Å². The van der Waals surface area contributed by atoms with Crippen molar-refractivity contribution < 1.29 is 9.90 Å². The molecule has 3 heteroatoms. The Morgan fingerprint density at radius 1 is 1.41 bits per heavy atom. The molecule has 0 fully saturated rings. The van der Waals surface area contributed by atoms with E-state index >= 15 is 0 Å². The summed E-state index contributed by atoms with van der Waals surface area (Å²) in [6.45, 7) is 8.09. The highest BCUT2D eigenvalue weighted by atomic mass is 16.4. The summed E-state index contributed by atoms with van der Waals surface area (Å²) in [5.41, 5.74) is 1.69. The zero-order chi connectivity index (χ0) is 13.1. The number of carbonyl (C=O) groups is 1. The predicted octanol–water partition coefficient (Wildman–Crippen LogP) is 3.39. The zero-order valence-corrected chi connectivity index (χ0v) is 10.9. The van der Waals surface area contributed by atoms with E-state index < -0.39 is 11.6 Å². The molecule has 0 aromatic heterocycles. The van der Waals surface area contributed by atoms with E-state index in [-0.39, 0.29) is 0 Å². The van der Waals surface area contributed by atoms with Crippen molar-refractivity contribution in [3.8, 4) is 0 Å². The lowest BCUT2D eigenvalue weighted by atomic mass is 9.91. The molecule has 0 radical (unpaired) electrons. The molecule has 0 bridgehead atoms. The van der Waals surface area contributed by atoms with Crippen molar-refractivity contribution >= 4 is 6.09 Å². The van der Waals surface area contributed by atoms with Crippen molar-refractivity contribution in [2.24, 2.45) is 5.92 Å². The maximum Gasteiger partial charge on any atom is 0.405 e. The van der Waals surface area contributed by atoms with Gasteiger partial charge in [0.2, 0.25) is 0 Å². The second kappa shape index (κ2) is 5.21. The molecule has 0 heterocycles. The fourth-order valence-corrected chi connectivity index (χ4v) is 1.90. The molecule has 0 atom stereocenters. The Morgan fingerprint density at radius 3 is 2.59 bits per heavy atom. The number of benzene rings is 1. The van der Waals surface area contributed by atoms with Crippen LogP contribution in [0.5, 0.6) is 0 Å². The van der Waals surface area contributed by atoms with Crippen molar-refractivity contribution in [3.63, 3.8) is 0 Å². The Morgan fingerprint density at radius 2 is 2.06 bits per heavy atom. The molecule has 1 amide bonds. The maximum absolute atomic E-state index is 10.7. The summed E-state index contributed by atoms with van der Waals surface area (Å²) in [7, 11) is 0. The van der Waals surface area contributed by atoms with Gasteiger partial charge in [-0.05, 0) is 37.3 Å². The number of nitrogens with one attached hydrogen (secondary N) is 1. The maximum atomic E-state index is 10.7. The summed E-state index contributed by atoms with van der Waals surface area (Å²) in [6.07, 6.45) is 0.0149. The Bertz CT molecular complexity index is 397. The lowest BCUT2D eigenvalue weighted by molar-refractivity contribution is 0.182. The van der Waals surface area contributed by atoms with Crippen molar-refractivity contribution in [1.29, 1.82) is 0 Å². The topological polar surface area (TPSA) is 49.3 Å². The van der Waals surface area contributed by atoms with Gasteiger partial charge >= 0.3 is 6.09 Å². The summed E-state index contributed by atoms with van der Waals surface area (Å²) in [5.74, 6) is 0.598. The molecule has 17 heavy (non-hydrogen) atoms. The van der Waals surface area contributed by atoms with Crippen LogP contribution < -0.4 is 5.32 Å². The van der Waals surface area contributed by atoms with Crippen LogP contribution >= 0.6 is 0 Å². The third-order valence-corrected chi connectivity index (χ3v) is 2.71. The molecule has 2 N–H and O–H groups in total. The third-order valence-electron chi connectivity index (χ3n) is 2.71. The van der Waals surface area contributed by atoms with E-state index in [9.17, 15) is 4.79 Å². The minimum atomic E-state index is -0.996. The van der Waals surface area contributed by atoms with Gasteiger partial charge in [0.15, 0.2) is 0 Å². The first-order chi connectivity index (χ1) is 7.81. The zero-order valence-electron chi connectivity index (χ0n) is 10.9. The summed E-state index contributed by atoms with van der Waals surface area (Å²) in [5, 5.41) is 11.3. The van der Waals surface area contributed by atoms with Gasteiger partial charge in [-0.3, -0.25) is 0 Å². The Kier molecular flexibility index (Phi) is 4.16. The summed E-state index contributed by atoms with van der Waals surface area (Å²) < 4.78 is 0. The lowest BCUT2D eigenvalue weighted by Crippen LogP contribution is -2.40. The third kappa shape index (κ3) is 4.10. The normalized spacial score (nSPS) is 11.6. The number of hydrogen-bond donors (Lipinski definition) is 2. The van der Waals surface area contributed by atoms with Gasteiger partial charge in [-0.1, -0.05) is 38.1 Å². The van der Waals surface area contributed by atoms with Crippen LogP contribution in [0.15, 0.2) is 24.3 Å². The average molecular weight is 235 g/mol. The molecule has 0 aliphatic carbocycles. The van der Waals surface area contributed by atoms with Gasteiger partial charge in [0.25, 0.3) is 0 Å². The first kappa shape index (κ1) is 13.6. The molecule has 1 aromatic rings. The largest absolute Gasteiger partial charge is 0.465 e. The summed E-state index contributed by atoms with van der Waals surface area (Å²) in [4.78, 5) is 10.7. The fourth-order valence-electron chi connectivity index (χ4n) is 1.90. The van der Waals surface area contributed by atoms with Crippen LogP contribution in [-0.2, 0) is 12.0 Å². The monoisotopic (exact) mass is 235 g/mol. The summed E-state index contributed by atoms with van der Waals surface area (Å²) in [6, 6.07) is 8.11. The molecule has 1 aromatic carbocycles. The van der Waals surface area contributed by atoms with Gasteiger partial charge < -0.3 is 10.4 Å². The van der Waals surface area contributed by atoms with E-state index in [0.717, 1.165) is 12.0 Å². The molecular weight excluding hydrogens is 214 g/mol. The number of rotatable bonds is 4. The van der Waals surface area contributed by atoms with E-state index in [1.54, 1.807) is 0 Å². The molecule has 0 aliphatic rings. The highest BCUT2D eigenvalue weighted by molar-refractivity contribution is 5.66. The smallest absolute Gasteiger partial charge is 0.405 e. The standard InChI is InChI=1S/C14H21NO2/c1-10(2)8-11-6-5-7-12(9-11)14(3,4)15-13(16)17/h5-7,9-10,15H,8H2,1-4H3,(H,16,17). The van der Waals surface area contributed by atoms with E-state index in [1.807, 2.05) is 26.0 Å². The van der Waals surface area contributed by atoms with Crippen molar-refractivity contribution in [2.45, 2.75) is 39.7 Å². The van der Waals surface area contributed by atoms with Gasteiger partial charge in [-0.25, -0.2) is 4.79 Å². The van der Waals surface area contributed by atoms with Gasteiger partial charge in [-0.2, -0.15) is 0 Å². The molecule has 3 nitrogen and oxygen atoms in total. The van der Waals surface area contributed by atoms with Gasteiger partial charge in [0.1, 0.15) is 0 Å². The second-order valence-corrected chi connectivity index (χ2v) is 5.35. The molecule has 1 rings (SSSR count). The van der Waals surface area contributed by atoms with E-state index in [2.05, 4.69) is 31.3 Å². The van der Waals surface area contributed by atoms with Crippen molar-refractivity contribution in [2.75, 3.05) is 0 Å². The number of carboxylic acid groups (broad SMARTS) is 1. The Labute approximate surface area is 103 Å². The molecule has 0 saturated heterocycles. The van der Waals surface area contributed by atoms with Crippen LogP contribution in [0.2, 0.25) is 0 Å². The molecular formula is C14H21NO2. The first-order valence-electron chi connectivity index (χ1n) is 5.92. The quantitative estimate of drug-likeness (QED) is 0.840. The van der Waals surface area contributed by atoms with Crippen molar-refractivity contribution in [3.05, 3.63) is 35.4 Å². The molecule has 0 spiro atoms. The minimum Gasteiger partial charge on any atom is -0.465 e. The van der Waals surface area contributed by atoms with E-state index in [1.165, 1.54) is 5.56 Å². The van der Waals surface area contributed by atoms with Gasteiger partial charge in [-0.15, -0.1) is 0 Å². The van der Waals surface area contributed by atoms with Crippen LogP contribution in [0.3, 0.4) is 0 Å². The second-order valence-electron chi connectivity index (χ2n) is 5.35. The van der Waals surface area contributed by atoms with Crippen LogP contribution in [0, 0.1) is 5.92 Å². The van der Waals surface area contributed by atoms with Crippen LogP contribution in [0.1, 0.15) is 38.8 Å². The lowest BCUT2D eigenvalue weighted by Gasteiger charge is -2.25. The van der Waals surface area contributed by atoms with Crippen LogP contribution in [-0.4, -0.2) is 11.2 Å². The van der Waals surface area contributed by atoms with E-state index in [0.29, 0.717) is 5.92 Å². The first-order valence-corrected chi connectivity index (χ1v) is 5.92. The van der Waals surface area contributed by atoms with Gasteiger partial charge in [0.05, 0.1) is 5.54 Å². The molecule has 0 saturated carbocycles. The average Bonchev–Trinajstić information content (AvgIpc) is 2.15. The Balaban J connectivity index is 2.94. The Hall–Kier alpha value is -1.51. The minimum absolute atomic E-state index is 0.557. The SMILES string of the molecule is CC(C)Cc1cccc(C(C)(C)NC(=O)O)c1. The highest BCUT2D eigenvalue weighted by Crippen LogP contribution is 2.22. The van der Waals surface area contributed by atoms with Gasteiger partial charge in [0, 0.05) is 0 Å².